The summed E-state index contributed by atoms with van der Waals surface area (Å²) in [5.74, 6) is -0.143. The number of fused-ring (bicyclic) bond motifs is 1. The van der Waals surface area contributed by atoms with Crippen LogP contribution in [0.4, 0.5) is 11.4 Å². The number of nitrogens with one attached hydrogen (secondary N) is 3. The highest BCUT2D eigenvalue weighted by Crippen LogP contribution is 2.26. The van der Waals surface area contributed by atoms with Gasteiger partial charge in [0.25, 0.3) is 5.91 Å². The van der Waals surface area contributed by atoms with Crippen LogP contribution in [0.1, 0.15) is 34.6 Å². The number of aliphatic hydroxyl groups is 1. The number of carbonyl (C=O) groups is 1. The van der Waals surface area contributed by atoms with Crippen molar-refractivity contribution in [2.45, 2.75) is 12.8 Å². The molecule has 0 aliphatic rings. The molecule has 0 bridgehead atoms. The summed E-state index contributed by atoms with van der Waals surface area (Å²) < 4.78 is 0. The van der Waals surface area contributed by atoms with Crippen molar-refractivity contribution in [2.24, 2.45) is 0 Å². The lowest BCUT2D eigenvalue weighted by Gasteiger charge is -2.12. The van der Waals surface area contributed by atoms with Gasteiger partial charge in [0.2, 0.25) is 0 Å². The van der Waals surface area contributed by atoms with Crippen molar-refractivity contribution in [1.29, 1.82) is 0 Å². The maximum absolute atomic E-state index is 12.6. The number of anilines is 2. The van der Waals surface area contributed by atoms with E-state index in [1.165, 1.54) is 0 Å². The SMILES string of the molecule is O=C(NCCCCO)c1ccccc1Nc1ccc2c(/C=C/c3ccccn3)n[nH]c2c1. The number of carbonyl (C=O) groups excluding carboxylic acids is 1. The Morgan fingerprint density at radius 2 is 1.91 bits per heavy atom. The van der Waals surface area contributed by atoms with Crippen molar-refractivity contribution in [3.8, 4) is 0 Å². The van der Waals surface area contributed by atoms with Crippen molar-refractivity contribution >= 4 is 40.3 Å². The summed E-state index contributed by atoms with van der Waals surface area (Å²) in [6.07, 6.45) is 7.03. The third-order valence-electron chi connectivity index (χ3n) is 5.01. The molecule has 7 nitrogen and oxygen atoms in total. The van der Waals surface area contributed by atoms with Crippen LogP contribution in [0.15, 0.2) is 66.9 Å². The summed E-state index contributed by atoms with van der Waals surface area (Å²) >= 11 is 0. The second kappa shape index (κ2) is 10.4. The number of pyridine rings is 1. The molecule has 0 radical (unpaired) electrons. The monoisotopic (exact) mass is 427 g/mol. The van der Waals surface area contributed by atoms with Gasteiger partial charge in [-0.25, -0.2) is 0 Å². The number of hydrogen-bond donors (Lipinski definition) is 4. The van der Waals surface area contributed by atoms with Crippen molar-refractivity contribution in [2.75, 3.05) is 18.5 Å². The molecule has 2 aromatic heterocycles. The smallest absolute Gasteiger partial charge is 0.253 e. The summed E-state index contributed by atoms with van der Waals surface area (Å²) in [5.41, 5.74) is 4.73. The van der Waals surface area contributed by atoms with Crippen LogP contribution in [0.25, 0.3) is 23.1 Å². The molecular weight excluding hydrogens is 402 g/mol. The average molecular weight is 428 g/mol. The summed E-state index contributed by atoms with van der Waals surface area (Å²) in [5, 5.41) is 23.6. The van der Waals surface area contributed by atoms with Crippen molar-refractivity contribution in [3.63, 3.8) is 0 Å². The molecule has 0 atom stereocenters. The van der Waals surface area contributed by atoms with E-state index < -0.39 is 0 Å². The molecular formula is C25H25N5O2. The number of hydrogen-bond acceptors (Lipinski definition) is 5. The number of aliphatic hydroxyl groups excluding tert-OH is 1. The van der Waals surface area contributed by atoms with Gasteiger partial charge in [-0.2, -0.15) is 5.10 Å². The van der Waals surface area contributed by atoms with Gasteiger partial charge in [0.1, 0.15) is 0 Å². The van der Waals surface area contributed by atoms with Crippen LogP contribution in [-0.2, 0) is 0 Å². The van der Waals surface area contributed by atoms with E-state index in [1.54, 1.807) is 12.3 Å². The zero-order valence-corrected chi connectivity index (χ0v) is 17.6. The highest BCUT2D eigenvalue weighted by Gasteiger charge is 2.11. The van der Waals surface area contributed by atoms with E-state index in [9.17, 15) is 4.79 Å². The Hall–Kier alpha value is -3.97. The van der Waals surface area contributed by atoms with Crippen molar-refractivity contribution in [3.05, 3.63) is 83.8 Å². The van der Waals surface area contributed by atoms with E-state index in [2.05, 4.69) is 25.8 Å². The first-order valence-electron chi connectivity index (χ1n) is 10.6. The first kappa shape index (κ1) is 21.3. The van der Waals surface area contributed by atoms with E-state index >= 15 is 0 Å². The van der Waals surface area contributed by atoms with Crippen LogP contribution in [0.2, 0.25) is 0 Å². The van der Waals surface area contributed by atoms with E-state index in [-0.39, 0.29) is 12.5 Å². The highest BCUT2D eigenvalue weighted by atomic mass is 16.3. The quantitative estimate of drug-likeness (QED) is 0.297. The van der Waals surface area contributed by atoms with Crippen LogP contribution < -0.4 is 10.6 Å². The Labute approximate surface area is 186 Å². The predicted octanol–water partition coefficient (Wildman–Crippen LogP) is 4.37. The van der Waals surface area contributed by atoms with Gasteiger partial charge >= 0.3 is 0 Å². The molecule has 0 saturated heterocycles. The third-order valence-corrected chi connectivity index (χ3v) is 5.01. The number of amides is 1. The van der Waals surface area contributed by atoms with Crippen molar-refractivity contribution in [1.82, 2.24) is 20.5 Å². The summed E-state index contributed by atoms with van der Waals surface area (Å²) in [6.45, 7) is 0.660. The van der Waals surface area contributed by atoms with E-state index in [0.29, 0.717) is 18.5 Å². The minimum atomic E-state index is -0.143. The number of H-pyrrole nitrogens is 1. The fraction of sp³-hybridized carbons (Fsp3) is 0.160. The fourth-order valence-electron chi connectivity index (χ4n) is 3.36. The molecule has 0 saturated carbocycles. The fourth-order valence-corrected chi connectivity index (χ4v) is 3.36. The molecule has 4 rings (SSSR count). The molecule has 2 heterocycles. The topological polar surface area (TPSA) is 103 Å². The number of benzene rings is 2. The number of rotatable bonds is 9. The van der Waals surface area contributed by atoms with Gasteiger partial charge in [0, 0.05) is 30.4 Å². The first-order chi connectivity index (χ1) is 15.7. The number of para-hydroxylation sites is 1. The third kappa shape index (κ3) is 5.19. The Kier molecular flexibility index (Phi) is 6.89. The minimum absolute atomic E-state index is 0.130. The molecule has 162 valence electrons. The molecule has 2 aromatic carbocycles. The van der Waals surface area contributed by atoms with E-state index in [4.69, 9.17) is 5.11 Å². The molecule has 0 aliphatic heterocycles. The largest absolute Gasteiger partial charge is 0.396 e. The Morgan fingerprint density at radius 1 is 1.03 bits per heavy atom. The molecule has 32 heavy (non-hydrogen) atoms. The second-order valence-electron chi connectivity index (χ2n) is 7.31. The normalized spacial score (nSPS) is 11.2. The zero-order chi connectivity index (χ0) is 22.2. The average Bonchev–Trinajstić information content (AvgIpc) is 3.23. The molecule has 1 amide bonds. The van der Waals surface area contributed by atoms with Gasteiger partial charge in [-0.05, 0) is 67.5 Å². The van der Waals surface area contributed by atoms with Gasteiger partial charge in [-0.1, -0.05) is 18.2 Å². The van der Waals surface area contributed by atoms with Gasteiger partial charge in [0.05, 0.1) is 28.2 Å². The standard InChI is InChI=1S/C25H25N5O2/c31-16-6-5-15-27-25(32)21-8-1-2-9-22(21)28-19-10-12-20-23(29-30-24(20)17-19)13-11-18-7-3-4-14-26-18/h1-4,7-14,17,28,31H,5-6,15-16H2,(H,27,32)(H,29,30)/b13-11+. The van der Waals surface area contributed by atoms with E-state index in [0.717, 1.165) is 40.1 Å². The maximum Gasteiger partial charge on any atom is 0.253 e. The molecule has 4 aromatic rings. The summed E-state index contributed by atoms with van der Waals surface area (Å²) in [6, 6.07) is 19.1. The Morgan fingerprint density at radius 3 is 2.75 bits per heavy atom. The lowest BCUT2D eigenvalue weighted by atomic mass is 10.1. The van der Waals surface area contributed by atoms with Crippen LogP contribution in [0.3, 0.4) is 0 Å². The molecule has 0 unspecified atom stereocenters. The number of unbranched alkanes of at least 4 members (excludes halogenated alkanes) is 1. The molecule has 4 N–H and O–H groups in total. The van der Waals surface area contributed by atoms with Crippen LogP contribution >= 0.6 is 0 Å². The minimum Gasteiger partial charge on any atom is -0.396 e. The van der Waals surface area contributed by atoms with Gasteiger partial charge in [-0.15, -0.1) is 0 Å². The summed E-state index contributed by atoms with van der Waals surface area (Å²) in [7, 11) is 0. The van der Waals surface area contributed by atoms with Crippen LogP contribution in [0, 0.1) is 0 Å². The molecule has 7 heteroatoms. The van der Waals surface area contributed by atoms with E-state index in [1.807, 2.05) is 66.7 Å². The van der Waals surface area contributed by atoms with Gasteiger partial charge in [0.15, 0.2) is 0 Å². The van der Waals surface area contributed by atoms with Crippen LogP contribution in [0.5, 0.6) is 0 Å². The van der Waals surface area contributed by atoms with Gasteiger partial charge < -0.3 is 15.7 Å². The number of nitrogens with zero attached hydrogens (tertiary/aromatic N) is 2. The predicted molar refractivity (Wildman–Crippen MR) is 128 cm³/mol. The Balaban J connectivity index is 1.50. The lowest BCUT2D eigenvalue weighted by Crippen LogP contribution is -2.25. The lowest BCUT2D eigenvalue weighted by molar-refractivity contribution is 0.0953. The molecule has 0 aliphatic carbocycles. The Bertz CT molecular complexity index is 1220. The van der Waals surface area contributed by atoms with Crippen molar-refractivity contribution < 1.29 is 9.90 Å². The zero-order valence-electron chi connectivity index (χ0n) is 17.6. The number of aromatic nitrogens is 3. The first-order valence-corrected chi connectivity index (χ1v) is 10.6. The second-order valence-corrected chi connectivity index (χ2v) is 7.31. The number of aromatic amines is 1. The maximum atomic E-state index is 12.6. The summed E-state index contributed by atoms with van der Waals surface area (Å²) in [4.78, 5) is 16.9. The molecule has 0 fully saturated rings. The molecule has 0 spiro atoms. The highest BCUT2D eigenvalue weighted by molar-refractivity contribution is 6.00. The van der Waals surface area contributed by atoms with Crippen LogP contribution in [-0.4, -0.2) is 39.3 Å². The van der Waals surface area contributed by atoms with Gasteiger partial charge in [-0.3, -0.25) is 14.9 Å².